The molecule has 27 heavy (non-hydrogen) atoms. The number of methoxy groups -OCH3 is 3. The average molecular weight is 382 g/mol. The van der Waals surface area contributed by atoms with Crippen LogP contribution in [-0.2, 0) is 6.18 Å². The summed E-state index contributed by atoms with van der Waals surface area (Å²) in [5.41, 5.74) is 2.13. The van der Waals surface area contributed by atoms with Crippen LogP contribution in [-0.4, -0.2) is 33.5 Å². The third-order valence-electron chi connectivity index (χ3n) is 3.54. The van der Waals surface area contributed by atoms with Gasteiger partial charge in [-0.15, -0.1) is 0 Å². The molecule has 0 atom stereocenters. The zero-order valence-corrected chi connectivity index (χ0v) is 14.8. The van der Waals surface area contributed by atoms with Gasteiger partial charge in [0.15, 0.2) is 11.5 Å². The van der Waals surface area contributed by atoms with Gasteiger partial charge in [-0.1, -0.05) is 12.1 Å². The summed E-state index contributed by atoms with van der Waals surface area (Å²) in [5.74, 6) is 0.379. The van der Waals surface area contributed by atoms with E-state index < -0.39 is 17.6 Å². The Labute approximate surface area is 153 Å². The highest BCUT2D eigenvalue weighted by atomic mass is 19.4. The molecule has 0 heterocycles. The monoisotopic (exact) mass is 382 g/mol. The van der Waals surface area contributed by atoms with Crippen LogP contribution in [0.25, 0.3) is 0 Å². The minimum Gasteiger partial charge on any atom is -0.493 e. The van der Waals surface area contributed by atoms with Gasteiger partial charge in [-0.3, -0.25) is 4.79 Å². The average Bonchev–Trinajstić information content (AvgIpc) is 2.66. The number of benzene rings is 2. The maximum Gasteiger partial charge on any atom is 0.416 e. The molecular weight excluding hydrogens is 365 g/mol. The Balaban J connectivity index is 2.12. The van der Waals surface area contributed by atoms with Crippen molar-refractivity contribution in [1.29, 1.82) is 0 Å². The number of amides is 1. The molecule has 144 valence electrons. The summed E-state index contributed by atoms with van der Waals surface area (Å²) in [4.78, 5) is 12.2. The van der Waals surface area contributed by atoms with Crippen LogP contribution in [0.4, 0.5) is 13.2 Å². The van der Waals surface area contributed by atoms with Crippen LogP contribution in [0.15, 0.2) is 41.5 Å². The summed E-state index contributed by atoms with van der Waals surface area (Å²) in [7, 11) is 4.28. The van der Waals surface area contributed by atoms with E-state index in [0.29, 0.717) is 22.8 Å². The lowest BCUT2D eigenvalue weighted by atomic mass is 10.1. The highest BCUT2D eigenvalue weighted by molar-refractivity contribution is 5.96. The molecule has 0 aliphatic heterocycles. The number of hydrogen-bond donors (Lipinski definition) is 1. The smallest absolute Gasteiger partial charge is 0.416 e. The van der Waals surface area contributed by atoms with E-state index in [1.807, 2.05) is 0 Å². The molecule has 0 fully saturated rings. The first-order chi connectivity index (χ1) is 12.8. The van der Waals surface area contributed by atoms with Crippen molar-refractivity contribution in [2.45, 2.75) is 6.18 Å². The number of halogens is 3. The lowest BCUT2D eigenvalue weighted by Gasteiger charge is -2.13. The van der Waals surface area contributed by atoms with Gasteiger partial charge in [0.2, 0.25) is 5.75 Å². The summed E-state index contributed by atoms with van der Waals surface area (Å²) in [6.45, 7) is 0. The fourth-order valence-electron chi connectivity index (χ4n) is 2.20. The molecule has 2 aromatic rings. The normalized spacial score (nSPS) is 11.3. The molecular formula is C18H17F3N2O4. The minimum atomic E-state index is -4.41. The zero-order chi connectivity index (χ0) is 20.0. The Bertz CT molecular complexity index is 808. The van der Waals surface area contributed by atoms with Crippen LogP contribution in [0.3, 0.4) is 0 Å². The molecule has 0 saturated heterocycles. The van der Waals surface area contributed by atoms with Crippen molar-refractivity contribution in [3.05, 3.63) is 53.1 Å². The number of rotatable bonds is 6. The second-order valence-corrected chi connectivity index (χ2v) is 5.23. The van der Waals surface area contributed by atoms with Crippen LogP contribution >= 0.6 is 0 Å². The highest BCUT2D eigenvalue weighted by Gasteiger charge is 2.29. The molecule has 0 aliphatic rings. The third-order valence-corrected chi connectivity index (χ3v) is 3.54. The van der Waals surface area contributed by atoms with E-state index in [0.717, 1.165) is 12.1 Å². The van der Waals surface area contributed by atoms with Crippen molar-refractivity contribution in [2.75, 3.05) is 21.3 Å². The van der Waals surface area contributed by atoms with E-state index in [1.165, 1.54) is 51.8 Å². The molecule has 0 saturated carbocycles. The number of hydrogen-bond acceptors (Lipinski definition) is 5. The van der Waals surface area contributed by atoms with Crippen LogP contribution < -0.4 is 19.6 Å². The molecule has 0 aliphatic carbocycles. The number of nitrogens with zero attached hydrogens (tertiary/aromatic N) is 1. The molecule has 1 N–H and O–H groups in total. The number of nitrogens with one attached hydrogen (secondary N) is 1. The molecule has 1 amide bonds. The second kappa shape index (κ2) is 8.43. The van der Waals surface area contributed by atoms with E-state index in [2.05, 4.69) is 10.5 Å². The van der Waals surface area contributed by atoms with Crippen molar-refractivity contribution < 1.29 is 32.2 Å². The first-order valence-corrected chi connectivity index (χ1v) is 7.60. The van der Waals surface area contributed by atoms with Gasteiger partial charge < -0.3 is 14.2 Å². The van der Waals surface area contributed by atoms with Crippen molar-refractivity contribution in [1.82, 2.24) is 5.43 Å². The Morgan fingerprint density at radius 2 is 1.56 bits per heavy atom. The fourth-order valence-corrected chi connectivity index (χ4v) is 2.20. The Hall–Kier alpha value is -3.23. The van der Waals surface area contributed by atoms with Crippen molar-refractivity contribution in [3.8, 4) is 17.2 Å². The predicted octanol–water partition coefficient (Wildman–Crippen LogP) is 3.50. The van der Waals surface area contributed by atoms with E-state index >= 15 is 0 Å². The molecule has 9 heteroatoms. The lowest BCUT2D eigenvalue weighted by molar-refractivity contribution is -0.137. The van der Waals surface area contributed by atoms with Crippen LogP contribution in [0.5, 0.6) is 17.2 Å². The maximum atomic E-state index is 12.5. The fraction of sp³-hybridized carbons (Fsp3) is 0.222. The summed E-state index contributed by atoms with van der Waals surface area (Å²) >= 11 is 0. The molecule has 0 radical (unpaired) electrons. The maximum absolute atomic E-state index is 12.5. The summed E-state index contributed by atoms with van der Waals surface area (Å²) in [6.07, 6.45) is -3.17. The standard InChI is InChI=1S/C18H17F3N2O4/c1-25-14-8-12(9-15(26-2)16(14)27-3)17(24)23-22-10-11-4-6-13(7-5-11)18(19,20)21/h4-10H,1-3H3,(H,23,24)/b22-10-. The van der Waals surface area contributed by atoms with Crippen molar-refractivity contribution in [3.63, 3.8) is 0 Å². The quantitative estimate of drug-likeness (QED) is 0.613. The third kappa shape index (κ3) is 4.90. The summed E-state index contributed by atoms with van der Waals surface area (Å²) in [6, 6.07) is 7.26. The van der Waals surface area contributed by atoms with Gasteiger partial charge in [0.25, 0.3) is 5.91 Å². The van der Waals surface area contributed by atoms with Gasteiger partial charge >= 0.3 is 6.18 Å². The molecule has 0 unspecified atom stereocenters. The van der Waals surface area contributed by atoms with Gasteiger partial charge in [-0.25, -0.2) is 5.43 Å². The SMILES string of the molecule is COc1cc(C(=O)N/N=C\c2ccc(C(F)(F)F)cc2)cc(OC)c1OC. The van der Waals surface area contributed by atoms with Gasteiger partial charge in [-0.05, 0) is 29.8 Å². The van der Waals surface area contributed by atoms with Gasteiger partial charge in [0.05, 0.1) is 33.1 Å². The summed E-state index contributed by atoms with van der Waals surface area (Å²) < 4.78 is 53.1. The first-order valence-electron chi connectivity index (χ1n) is 7.60. The highest BCUT2D eigenvalue weighted by Crippen LogP contribution is 2.38. The van der Waals surface area contributed by atoms with E-state index in [-0.39, 0.29) is 5.56 Å². The summed E-state index contributed by atoms with van der Waals surface area (Å²) in [5, 5.41) is 3.74. The first kappa shape index (κ1) is 20.1. The zero-order valence-electron chi connectivity index (χ0n) is 14.8. The minimum absolute atomic E-state index is 0.203. The Morgan fingerprint density at radius 3 is 2.00 bits per heavy atom. The molecule has 2 rings (SSSR count). The topological polar surface area (TPSA) is 69.2 Å². The lowest BCUT2D eigenvalue weighted by Crippen LogP contribution is -2.18. The van der Waals surface area contributed by atoms with Crippen LogP contribution in [0.2, 0.25) is 0 Å². The van der Waals surface area contributed by atoms with Gasteiger partial charge in [-0.2, -0.15) is 18.3 Å². The number of carbonyl (C=O) groups excluding carboxylic acids is 1. The number of hydrazone groups is 1. The largest absolute Gasteiger partial charge is 0.493 e. The van der Waals surface area contributed by atoms with E-state index in [1.54, 1.807) is 0 Å². The van der Waals surface area contributed by atoms with E-state index in [9.17, 15) is 18.0 Å². The van der Waals surface area contributed by atoms with Crippen molar-refractivity contribution >= 4 is 12.1 Å². The number of ether oxygens (including phenoxy) is 3. The van der Waals surface area contributed by atoms with Gasteiger partial charge in [0.1, 0.15) is 0 Å². The van der Waals surface area contributed by atoms with Crippen molar-refractivity contribution in [2.24, 2.45) is 5.10 Å². The number of carbonyl (C=O) groups is 1. The van der Waals surface area contributed by atoms with Crippen LogP contribution in [0.1, 0.15) is 21.5 Å². The number of alkyl halides is 3. The van der Waals surface area contributed by atoms with Gasteiger partial charge in [0, 0.05) is 5.56 Å². The molecule has 0 bridgehead atoms. The molecule has 0 aromatic heterocycles. The molecule has 0 spiro atoms. The Kier molecular flexibility index (Phi) is 6.27. The van der Waals surface area contributed by atoms with Crippen LogP contribution in [0, 0.1) is 0 Å². The Morgan fingerprint density at radius 1 is 1.00 bits per heavy atom. The second-order valence-electron chi connectivity index (χ2n) is 5.23. The predicted molar refractivity (Wildman–Crippen MR) is 92.6 cm³/mol. The molecule has 2 aromatic carbocycles. The molecule has 6 nitrogen and oxygen atoms in total. The van der Waals surface area contributed by atoms with E-state index in [4.69, 9.17) is 14.2 Å².